The van der Waals surface area contributed by atoms with Gasteiger partial charge in [-0.15, -0.1) is 11.3 Å². The Bertz CT molecular complexity index is 570. The van der Waals surface area contributed by atoms with E-state index in [9.17, 15) is 4.79 Å². The van der Waals surface area contributed by atoms with Gasteiger partial charge in [-0.25, -0.2) is 15.0 Å². The largest absolute Gasteiger partial charge is 0.339 e. The molecular formula is C13H16N4OS. The van der Waals surface area contributed by atoms with E-state index < -0.39 is 5.54 Å². The second kappa shape index (κ2) is 5.44. The van der Waals surface area contributed by atoms with Crippen molar-refractivity contribution in [2.75, 3.05) is 0 Å². The van der Waals surface area contributed by atoms with Gasteiger partial charge < -0.3 is 5.32 Å². The van der Waals surface area contributed by atoms with Crippen molar-refractivity contribution in [1.29, 1.82) is 0 Å². The molecule has 6 heteroatoms. The fourth-order valence-corrected chi connectivity index (χ4v) is 2.51. The van der Waals surface area contributed by atoms with E-state index in [1.807, 2.05) is 26.2 Å². The topological polar surface area (TPSA) is 67.8 Å². The zero-order chi connectivity index (χ0) is 13.9. The minimum atomic E-state index is -0.468. The Hall–Kier alpha value is -1.82. The third-order valence-corrected chi connectivity index (χ3v) is 4.07. The standard InChI is InChI=1S/C13H16N4OS/c1-4-13(3,12-14-5-6-19-12)17-11(18)10-7-9(2)15-8-16-10/h5-8H,4H2,1-3H3,(H,17,18)/t13-/m0/s1. The molecule has 0 saturated carbocycles. The van der Waals surface area contributed by atoms with Crippen LogP contribution in [0.25, 0.3) is 0 Å². The van der Waals surface area contributed by atoms with Gasteiger partial charge in [0, 0.05) is 17.3 Å². The number of hydrogen-bond acceptors (Lipinski definition) is 5. The van der Waals surface area contributed by atoms with E-state index in [4.69, 9.17) is 0 Å². The van der Waals surface area contributed by atoms with Crippen molar-refractivity contribution in [3.8, 4) is 0 Å². The summed E-state index contributed by atoms with van der Waals surface area (Å²) in [5.41, 5.74) is 0.681. The van der Waals surface area contributed by atoms with E-state index in [2.05, 4.69) is 20.3 Å². The monoisotopic (exact) mass is 276 g/mol. The lowest BCUT2D eigenvalue weighted by Crippen LogP contribution is -2.43. The van der Waals surface area contributed by atoms with E-state index in [0.29, 0.717) is 5.69 Å². The molecule has 0 aliphatic rings. The molecule has 1 N–H and O–H groups in total. The highest BCUT2D eigenvalue weighted by atomic mass is 32.1. The maximum Gasteiger partial charge on any atom is 0.270 e. The van der Waals surface area contributed by atoms with Gasteiger partial charge in [0.05, 0.1) is 5.54 Å². The number of thiazole rings is 1. The molecule has 19 heavy (non-hydrogen) atoms. The number of carbonyl (C=O) groups excluding carboxylic acids is 1. The summed E-state index contributed by atoms with van der Waals surface area (Å²) < 4.78 is 0. The van der Waals surface area contributed by atoms with E-state index in [1.165, 1.54) is 17.7 Å². The molecule has 0 fully saturated rings. The Morgan fingerprint density at radius 1 is 1.42 bits per heavy atom. The smallest absolute Gasteiger partial charge is 0.270 e. The van der Waals surface area contributed by atoms with Crippen LogP contribution >= 0.6 is 11.3 Å². The third-order valence-electron chi connectivity index (χ3n) is 3.04. The van der Waals surface area contributed by atoms with E-state index >= 15 is 0 Å². The summed E-state index contributed by atoms with van der Waals surface area (Å²) in [7, 11) is 0. The van der Waals surface area contributed by atoms with Gasteiger partial charge in [0.25, 0.3) is 5.91 Å². The molecule has 0 radical (unpaired) electrons. The number of nitrogens with zero attached hydrogens (tertiary/aromatic N) is 3. The summed E-state index contributed by atoms with van der Waals surface area (Å²) in [6.45, 7) is 5.82. The zero-order valence-electron chi connectivity index (χ0n) is 11.2. The minimum Gasteiger partial charge on any atom is -0.339 e. The van der Waals surface area contributed by atoms with E-state index in [0.717, 1.165) is 17.1 Å². The Morgan fingerprint density at radius 3 is 2.79 bits per heavy atom. The van der Waals surface area contributed by atoms with Crippen LogP contribution in [0.3, 0.4) is 0 Å². The first-order valence-electron chi connectivity index (χ1n) is 6.06. The number of amides is 1. The van der Waals surface area contributed by atoms with Gasteiger partial charge in [-0.1, -0.05) is 6.92 Å². The summed E-state index contributed by atoms with van der Waals surface area (Å²) in [5.74, 6) is -0.204. The number of hydrogen-bond donors (Lipinski definition) is 1. The van der Waals surface area contributed by atoms with Gasteiger partial charge in [0.2, 0.25) is 0 Å². The molecule has 2 rings (SSSR count). The highest BCUT2D eigenvalue weighted by Gasteiger charge is 2.29. The van der Waals surface area contributed by atoms with Crippen molar-refractivity contribution in [2.24, 2.45) is 0 Å². The van der Waals surface area contributed by atoms with Gasteiger partial charge >= 0.3 is 0 Å². The zero-order valence-corrected chi connectivity index (χ0v) is 12.0. The minimum absolute atomic E-state index is 0.204. The van der Waals surface area contributed by atoms with Crippen molar-refractivity contribution in [1.82, 2.24) is 20.3 Å². The Kier molecular flexibility index (Phi) is 3.90. The molecule has 2 aromatic heterocycles. The summed E-state index contributed by atoms with van der Waals surface area (Å²) in [6, 6.07) is 1.67. The maximum absolute atomic E-state index is 12.2. The molecule has 0 unspecified atom stereocenters. The van der Waals surface area contributed by atoms with Crippen LogP contribution in [0.2, 0.25) is 0 Å². The quantitative estimate of drug-likeness (QED) is 0.930. The van der Waals surface area contributed by atoms with E-state index in [1.54, 1.807) is 12.3 Å². The average Bonchev–Trinajstić information content (AvgIpc) is 2.93. The van der Waals surface area contributed by atoms with Crippen molar-refractivity contribution < 1.29 is 4.79 Å². The van der Waals surface area contributed by atoms with Gasteiger partial charge in [0.1, 0.15) is 17.0 Å². The number of aryl methyl sites for hydroxylation is 1. The predicted molar refractivity (Wildman–Crippen MR) is 74.0 cm³/mol. The number of nitrogens with one attached hydrogen (secondary N) is 1. The lowest BCUT2D eigenvalue weighted by Gasteiger charge is -2.27. The van der Waals surface area contributed by atoms with Gasteiger partial charge in [-0.3, -0.25) is 4.79 Å². The summed E-state index contributed by atoms with van der Waals surface area (Å²) in [6.07, 6.45) is 3.90. The van der Waals surface area contributed by atoms with Crippen LogP contribution in [0, 0.1) is 6.92 Å². The van der Waals surface area contributed by atoms with Crippen LogP contribution in [0.5, 0.6) is 0 Å². The van der Waals surface area contributed by atoms with Crippen LogP contribution < -0.4 is 5.32 Å². The van der Waals surface area contributed by atoms with Gasteiger partial charge in [0.15, 0.2) is 0 Å². The fraction of sp³-hybridized carbons (Fsp3) is 0.385. The molecule has 1 amide bonds. The first-order chi connectivity index (χ1) is 9.05. The van der Waals surface area contributed by atoms with Crippen LogP contribution in [-0.4, -0.2) is 20.9 Å². The normalized spacial score (nSPS) is 13.8. The van der Waals surface area contributed by atoms with Crippen molar-refractivity contribution in [3.05, 3.63) is 40.4 Å². The van der Waals surface area contributed by atoms with E-state index in [-0.39, 0.29) is 5.91 Å². The number of rotatable bonds is 4. The highest BCUT2D eigenvalue weighted by molar-refractivity contribution is 7.09. The highest BCUT2D eigenvalue weighted by Crippen LogP contribution is 2.26. The van der Waals surface area contributed by atoms with Crippen molar-refractivity contribution in [3.63, 3.8) is 0 Å². The summed E-state index contributed by atoms with van der Waals surface area (Å²) in [4.78, 5) is 24.5. The van der Waals surface area contributed by atoms with Crippen molar-refractivity contribution in [2.45, 2.75) is 32.7 Å². The molecule has 2 aromatic rings. The predicted octanol–water partition coefficient (Wildman–Crippen LogP) is 2.30. The Balaban J connectivity index is 2.22. The van der Waals surface area contributed by atoms with Gasteiger partial charge in [-0.05, 0) is 26.3 Å². The molecule has 0 spiro atoms. The van der Waals surface area contributed by atoms with Crippen LogP contribution in [0.1, 0.15) is 41.5 Å². The molecular weight excluding hydrogens is 260 g/mol. The average molecular weight is 276 g/mol. The molecule has 2 heterocycles. The Morgan fingerprint density at radius 2 is 2.21 bits per heavy atom. The summed E-state index contributed by atoms with van der Waals surface area (Å²) >= 11 is 1.54. The first-order valence-corrected chi connectivity index (χ1v) is 6.94. The first kappa shape index (κ1) is 13.6. The van der Waals surface area contributed by atoms with Crippen LogP contribution in [0.15, 0.2) is 24.0 Å². The van der Waals surface area contributed by atoms with Crippen LogP contribution in [-0.2, 0) is 5.54 Å². The summed E-state index contributed by atoms with van der Waals surface area (Å²) in [5, 5.41) is 5.81. The molecule has 0 aliphatic carbocycles. The SMILES string of the molecule is CC[C@](C)(NC(=O)c1cc(C)ncn1)c1nccs1. The fourth-order valence-electron chi connectivity index (χ4n) is 1.68. The molecule has 0 aliphatic heterocycles. The molecule has 0 saturated heterocycles. The second-order valence-electron chi connectivity index (χ2n) is 4.52. The number of carbonyl (C=O) groups is 1. The maximum atomic E-state index is 12.2. The van der Waals surface area contributed by atoms with Gasteiger partial charge in [-0.2, -0.15) is 0 Å². The second-order valence-corrected chi connectivity index (χ2v) is 5.42. The molecule has 100 valence electrons. The lowest BCUT2D eigenvalue weighted by atomic mass is 9.99. The lowest BCUT2D eigenvalue weighted by molar-refractivity contribution is 0.0896. The molecule has 1 atom stereocenters. The molecule has 5 nitrogen and oxygen atoms in total. The van der Waals surface area contributed by atoms with Crippen LogP contribution in [0.4, 0.5) is 0 Å². The van der Waals surface area contributed by atoms with Crippen molar-refractivity contribution >= 4 is 17.2 Å². The molecule has 0 aromatic carbocycles. The Labute approximate surface area is 116 Å². The molecule has 0 bridgehead atoms. The number of aromatic nitrogens is 3. The third kappa shape index (κ3) is 2.96.